The standard InChI is InChI=1S/C16H19N5O/c1-12-11-13(3-4-14(12)17)15(22)20-7-9-21(10-8-20)16-18-5-2-6-19-16/h2-6,11H,7-10,17H2,1H3. The maximum Gasteiger partial charge on any atom is 0.253 e. The Bertz CT molecular complexity index is 665. The number of amides is 1. The first kappa shape index (κ1) is 14.3. The summed E-state index contributed by atoms with van der Waals surface area (Å²) in [5.74, 6) is 0.773. The zero-order chi connectivity index (χ0) is 15.5. The monoisotopic (exact) mass is 297 g/mol. The number of carbonyl (C=O) groups is 1. The van der Waals surface area contributed by atoms with Crippen LogP contribution in [0.3, 0.4) is 0 Å². The van der Waals surface area contributed by atoms with Gasteiger partial charge in [0, 0.05) is 49.8 Å². The Morgan fingerprint density at radius 1 is 1.14 bits per heavy atom. The fourth-order valence-electron chi connectivity index (χ4n) is 2.56. The van der Waals surface area contributed by atoms with Crippen LogP contribution in [0.25, 0.3) is 0 Å². The molecule has 6 heteroatoms. The molecule has 6 nitrogen and oxygen atoms in total. The molecule has 1 amide bonds. The average Bonchev–Trinajstić information content (AvgIpc) is 2.58. The van der Waals surface area contributed by atoms with Crippen LogP contribution in [-0.4, -0.2) is 47.0 Å². The lowest BCUT2D eigenvalue weighted by atomic mass is 10.1. The van der Waals surface area contributed by atoms with Crippen LogP contribution >= 0.6 is 0 Å². The summed E-state index contributed by atoms with van der Waals surface area (Å²) < 4.78 is 0. The van der Waals surface area contributed by atoms with Gasteiger partial charge in [0.15, 0.2) is 0 Å². The molecule has 1 aliphatic rings. The second-order valence-electron chi connectivity index (χ2n) is 5.40. The number of nitrogens with zero attached hydrogens (tertiary/aromatic N) is 4. The predicted molar refractivity (Wildman–Crippen MR) is 85.7 cm³/mol. The molecule has 0 bridgehead atoms. The molecule has 22 heavy (non-hydrogen) atoms. The summed E-state index contributed by atoms with van der Waals surface area (Å²) in [7, 11) is 0. The molecule has 0 aliphatic carbocycles. The summed E-state index contributed by atoms with van der Waals surface area (Å²) in [6.07, 6.45) is 3.47. The fourth-order valence-corrected chi connectivity index (χ4v) is 2.56. The SMILES string of the molecule is Cc1cc(C(=O)N2CCN(c3ncccn3)CC2)ccc1N. The molecule has 3 rings (SSSR count). The molecule has 0 spiro atoms. The summed E-state index contributed by atoms with van der Waals surface area (Å²) in [4.78, 5) is 25.0. The molecule has 2 N–H and O–H groups in total. The highest BCUT2D eigenvalue weighted by Crippen LogP contribution is 2.16. The van der Waals surface area contributed by atoms with Crippen molar-refractivity contribution < 1.29 is 4.79 Å². The zero-order valence-electron chi connectivity index (χ0n) is 12.6. The van der Waals surface area contributed by atoms with Gasteiger partial charge in [-0.25, -0.2) is 9.97 Å². The maximum atomic E-state index is 12.5. The van der Waals surface area contributed by atoms with Gasteiger partial charge in [0.2, 0.25) is 5.95 Å². The highest BCUT2D eigenvalue weighted by atomic mass is 16.2. The molecule has 1 aliphatic heterocycles. The largest absolute Gasteiger partial charge is 0.399 e. The number of anilines is 2. The second-order valence-corrected chi connectivity index (χ2v) is 5.40. The van der Waals surface area contributed by atoms with Crippen molar-refractivity contribution in [3.63, 3.8) is 0 Å². The van der Waals surface area contributed by atoms with Gasteiger partial charge < -0.3 is 15.5 Å². The van der Waals surface area contributed by atoms with E-state index in [1.807, 2.05) is 17.9 Å². The smallest absolute Gasteiger partial charge is 0.253 e. The van der Waals surface area contributed by atoms with Crippen molar-refractivity contribution in [2.24, 2.45) is 0 Å². The lowest BCUT2D eigenvalue weighted by Gasteiger charge is -2.34. The van der Waals surface area contributed by atoms with Gasteiger partial charge in [0.05, 0.1) is 0 Å². The number of rotatable bonds is 2. The minimum atomic E-state index is 0.0525. The van der Waals surface area contributed by atoms with Crippen LogP contribution in [-0.2, 0) is 0 Å². The van der Waals surface area contributed by atoms with Crippen LogP contribution in [0.15, 0.2) is 36.7 Å². The molecule has 0 radical (unpaired) electrons. The van der Waals surface area contributed by atoms with Gasteiger partial charge in [-0.15, -0.1) is 0 Å². The molecule has 0 unspecified atom stereocenters. The molecular weight excluding hydrogens is 278 g/mol. The van der Waals surface area contributed by atoms with Gasteiger partial charge in [-0.2, -0.15) is 0 Å². The van der Waals surface area contributed by atoms with Crippen LogP contribution in [0, 0.1) is 6.92 Å². The van der Waals surface area contributed by atoms with Crippen LogP contribution in [0.4, 0.5) is 11.6 Å². The molecule has 0 atom stereocenters. The van der Waals surface area contributed by atoms with E-state index in [1.165, 1.54) is 0 Å². The summed E-state index contributed by atoms with van der Waals surface area (Å²) in [6, 6.07) is 7.23. The Morgan fingerprint density at radius 2 is 1.82 bits per heavy atom. The average molecular weight is 297 g/mol. The number of aryl methyl sites for hydroxylation is 1. The first-order valence-electron chi connectivity index (χ1n) is 7.32. The molecule has 114 valence electrons. The van der Waals surface area contributed by atoms with E-state index < -0.39 is 0 Å². The Labute approximate surface area is 129 Å². The Morgan fingerprint density at radius 3 is 2.45 bits per heavy atom. The highest BCUT2D eigenvalue weighted by molar-refractivity contribution is 5.95. The molecule has 1 saturated heterocycles. The van der Waals surface area contributed by atoms with Crippen molar-refractivity contribution in [2.45, 2.75) is 6.92 Å². The quantitative estimate of drug-likeness (QED) is 0.846. The van der Waals surface area contributed by atoms with Crippen molar-refractivity contribution in [3.8, 4) is 0 Å². The predicted octanol–water partition coefficient (Wildman–Crippen LogP) is 1.33. The fraction of sp³-hybridized carbons (Fsp3) is 0.312. The van der Waals surface area contributed by atoms with Gasteiger partial charge in [0.25, 0.3) is 5.91 Å². The molecule has 2 heterocycles. The van der Waals surface area contributed by atoms with E-state index in [-0.39, 0.29) is 5.91 Å². The summed E-state index contributed by atoms with van der Waals surface area (Å²) in [5.41, 5.74) is 8.14. The van der Waals surface area contributed by atoms with Crippen molar-refractivity contribution in [1.29, 1.82) is 0 Å². The second kappa shape index (κ2) is 6.01. The number of hydrogen-bond acceptors (Lipinski definition) is 5. The lowest BCUT2D eigenvalue weighted by molar-refractivity contribution is 0.0746. The zero-order valence-corrected chi connectivity index (χ0v) is 12.6. The molecule has 1 aromatic carbocycles. The number of nitrogens with two attached hydrogens (primary N) is 1. The third-order valence-electron chi connectivity index (χ3n) is 3.92. The summed E-state index contributed by atoms with van der Waals surface area (Å²) in [5, 5.41) is 0. The Hall–Kier alpha value is -2.63. The van der Waals surface area contributed by atoms with E-state index >= 15 is 0 Å². The number of piperazine rings is 1. The maximum absolute atomic E-state index is 12.5. The van der Waals surface area contributed by atoms with E-state index in [2.05, 4.69) is 14.9 Å². The summed E-state index contributed by atoms with van der Waals surface area (Å²) in [6.45, 7) is 4.73. The van der Waals surface area contributed by atoms with Crippen LogP contribution in [0.5, 0.6) is 0 Å². The topological polar surface area (TPSA) is 75.4 Å². The van der Waals surface area contributed by atoms with E-state index in [9.17, 15) is 4.79 Å². The Kier molecular flexibility index (Phi) is 3.91. The van der Waals surface area contributed by atoms with Crippen molar-refractivity contribution in [2.75, 3.05) is 36.8 Å². The number of benzene rings is 1. The Balaban J connectivity index is 1.66. The minimum Gasteiger partial charge on any atom is -0.399 e. The molecule has 0 saturated carbocycles. The van der Waals surface area contributed by atoms with Crippen LogP contribution in [0.1, 0.15) is 15.9 Å². The first-order valence-corrected chi connectivity index (χ1v) is 7.32. The number of nitrogen functional groups attached to an aromatic ring is 1. The van der Waals surface area contributed by atoms with Gasteiger partial charge in [-0.3, -0.25) is 4.79 Å². The van der Waals surface area contributed by atoms with Crippen molar-refractivity contribution >= 4 is 17.5 Å². The number of hydrogen-bond donors (Lipinski definition) is 1. The molecule has 1 fully saturated rings. The lowest BCUT2D eigenvalue weighted by Crippen LogP contribution is -2.49. The third kappa shape index (κ3) is 2.86. The van der Waals surface area contributed by atoms with Crippen LogP contribution in [0.2, 0.25) is 0 Å². The van der Waals surface area contributed by atoms with Crippen LogP contribution < -0.4 is 10.6 Å². The van der Waals surface area contributed by atoms with Gasteiger partial charge in [-0.1, -0.05) is 0 Å². The van der Waals surface area contributed by atoms with Gasteiger partial charge >= 0.3 is 0 Å². The molecule has 1 aromatic heterocycles. The van der Waals surface area contributed by atoms with Gasteiger partial charge in [-0.05, 0) is 36.8 Å². The van der Waals surface area contributed by atoms with E-state index in [1.54, 1.807) is 30.6 Å². The van der Waals surface area contributed by atoms with E-state index in [0.29, 0.717) is 24.3 Å². The van der Waals surface area contributed by atoms with E-state index in [4.69, 9.17) is 5.73 Å². The van der Waals surface area contributed by atoms with Crippen molar-refractivity contribution in [3.05, 3.63) is 47.8 Å². The minimum absolute atomic E-state index is 0.0525. The number of aromatic nitrogens is 2. The van der Waals surface area contributed by atoms with Crippen molar-refractivity contribution in [1.82, 2.24) is 14.9 Å². The normalized spacial score (nSPS) is 15.0. The molecule has 2 aromatic rings. The molecular formula is C16H19N5O. The first-order chi connectivity index (χ1) is 10.6. The van der Waals surface area contributed by atoms with Gasteiger partial charge in [0.1, 0.15) is 0 Å². The number of carbonyl (C=O) groups excluding carboxylic acids is 1. The van der Waals surface area contributed by atoms with E-state index in [0.717, 1.165) is 24.6 Å². The highest BCUT2D eigenvalue weighted by Gasteiger charge is 2.23. The third-order valence-corrected chi connectivity index (χ3v) is 3.92. The summed E-state index contributed by atoms with van der Waals surface area (Å²) >= 11 is 0.